The first-order chi connectivity index (χ1) is 9.47. The van der Waals surface area contributed by atoms with Gasteiger partial charge in [-0.1, -0.05) is 0 Å². The molecule has 0 atom stereocenters. The molecule has 0 radical (unpaired) electrons. The topological polar surface area (TPSA) is 67.3 Å². The van der Waals surface area contributed by atoms with E-state index in [4.69, 9.17) is 10.2 Å². The van der Waals surface area contributed by atoms with Crippen LogP contribution in [0.5, 0.6) is 0 Å². The fourth-order valence-electron chi connectivity index (χ4n) is 2.42. The zero-order chi connectivity index (χ0) is 14.7. The maximum atomic E-state index is 5.73. The second-order valence-corrected chi connectivity index (χ2v) is 5.60. The van der Waals surface area contributed by atoms with Crippen LogP contribution >= 0.6 is 0 Å². The van der Waals surface area contributed by atoms with Gasteiger partial charge in [0.1, 0.15) is 5.52 Å². The van der Waals surface area contributed by atoms with E-state index in [0.717, 1.165) is 24.2 Å². The molecule has 1 aromatic carbocycles. The van der Waals surface area contributed by atoms with Crippen molar-refractivity contribution in [3.05, 3.63) is 18.2 Å². The number of hydrogen-bond donors (Lipinski definition) is 2. The van der Waals surface area contributed by atoms with Crippen molar-refractivity contribution >= 4 is 22.8 Å². The van der Waals surface area contributed by atoms with Crippen molar-refractivity contribution < 1.29 is 4.42 Å². The zero-order valence-electron chi connectivity index (χ0n) is 12.7. The largest absolute Gasteiger partial charge is 0.424 e. The summed E-state index contributed by atoms with van der Waals surface area (Å²) in [5, 5.41) is 3.23. The van der Waals surface area contributed by atoms with E-state index in [1.807, 2.05) is 18.2 Å². The van der Waals surface area contributed by atoms with Gasteiger partial charge in [-0.05, 0) is 45.9 Å². The smallest absolute Gasteiger partial charge is 0.295 e. The molecule has 0 spiro atoms. The van der Waals surface area contributed by atoms with Crippen LogP contribution in [0.4, 0.5) is 11.7 Å². The standard InChI is InChI=1S/C15H24N4O/c1-10(2)19(11(3)4)8-7-17-15-18-13-9-12(16)5-6-14(13)20-15/h5-6,9-11H,7-8,16H2,1-4H3,(H,17,18). The highest BCUT2D eigenvalue weighted by molar-refractivity contribution is 5.78. The van der Waals surface area contributed by atoms with Crippen molar-refractivity contribution in [2.45, 2.75) is 39.8 Å². The number of nitrogens with one attached hydrogen (secondary N) is 1. The molecule has 0 fully saturated rings. The molecule has 5 nitrogen and oxygen atoms in total. The number of nitrogens with zero attached hydrogens (tertiary/aromatic N) is 2. The van der Waals surface area contributed by atoms with Crippen LogP contribution in [0.25, 0.3) is 11.1 Å². The van der Waals surface area contributed by atoms with Gasteiger partial charge in [0.15, 0.2) is 5.58 Å². The van der Waals surface area contributed by atoms with Gasteiger partial charge in [-0.15, -0.1) is 0 Å². The fourth-order valence-corrected chi connectivity index (χ4v) is 2.42. The molecule has 0 saturated carbocycles. The van der Waals surface area contributed by atoms with Gasteiger partial charge in [0.2, 0.25) is 0 Å². The molecular weight excluding hydrogens is 252 g/mol. The molecule has 0 unspecified atom stereocenters. The van der Waals surface area contributed by atoms with Crippen LogP contribution in [0.2, 0.25) is 0 Å². The highest BCUT2D eigenvalue weighted by Gasteiger charge is 2.13. The number of fused-ring (bicyclic) bond motifs is 1. The number of hydrogen-bond acceptors (Lipinski definition) is 5. The monoisotopic (exact) mass is 276 g/mol. The van der Waals surface area contributed by atoms with Crippen LogP contribution in [-0.4, -0.2) is 35.1 Å². The molecule has 0 bridgehead atoms. The summed E-state index contributed by atoms with van der Waals surface area (Å²) in [6.07, 6.45) is 0. The van der Waals surface area contributed by atoms with E-state index in [0.29, 0.717) is 23.8 Å². The van der Waals surface area contributed by atoms with Crippen molar-refractivity contribution in [2.75, 3.05) is 24.1 Å². The molecule has 1 aromatic heterocycles. The minimum absolute atomic E-state index is 0.528. The van der Waals surface area contributed by atoms with Crippen LogP contribution in [-0.2, 0) is 0 Å². The summed E-state index contributed by atoms with van der Waals surface area (Å²) < 4.78 is 5.63. The number of rotatable bonds is 6. The Morgan fingerprint density at radius 3 is 2.60 bits per heavy atom. The molecule has 2 aromatic rings. The lowest BCUT2D eigenvalue weighted by Crippen LogP contribution is -2.40. The average molecular weight is 276 g/mol. The van der Waals surface area contributed by atoms with Gasteiger partial charge < -0.3 is 15.5 Å². The minimum Gasteiger partial charge on any atom is -0.424 e. The van der Waals surface area contributed by atoms with Crippen molar-refractivity contribution in [1.29, 1.82) is 0 Å². The highest BCUT2D eigenvalue weighted by Crippen LogP contribution is 2.20. The van der Waals surface area contributed by atoms with Gasteiger partial charge in [0, 0.05) is 30.9 Å². The SMILES string of the molecule is CC(C)N(CCNc1nc2cc(N)ccc2o1)C(C)C. The number of benzene rings is 1. The number of nitrogens with two attached hydrogens (primary N) is 1. The van der Waals surface area contributed by atoms with Crippen LogP contribution in [0.3, 0.4) is 0 Å². The Morgan fingerprint density at radius 2 is 1.95 bits per heavy atom. The molecular formula is C15H24N4O. The predicted octanol–water partition coefficient (Wildman–Crippen LogP) is 2.94. The van der Waals surface area contributed by atoms with Crippen LogP contribution < -0.4 is 11.1 Å². The lowest BCUT2D eigenvalue weighted by molar-refractivity contribution is 0.182. The summed E-state index contributed by atoms with van der Waals surface area (Å²) in [6, 6.07) is 7.09. The van der Waals surface area contributed by atoms with E-state index >= 15 is 0 Å². The van der Waals surface area contributed by atoms with Gasteiger partial charge in [0.25, 0.3) is 6.01 Å². The van der Waals surface area contributed by atoms with E-state index in [1.54, 1.807) is 0 Å². The number of nitrogen functional groups attached to an aromatic ring is 1. The third kappa shape index (κ3) is 3.42. The lowest BCUT2D eigenvalue weighted by atomic mass is 10.2. The molecule has 0 amide bonds. The Kier molecular flexibility index (Phi) is 4.49. The van der Waals surface area contributed by atoms with E-state index in [2.05, 4.69) is 42.9 Å². The number of anilines is 2. The van der Waals surface area contributed by atoms with Gasteiger partial charge in [-0.25, -0.2) is 0 Å². The summed E-state index contributed by atoms with van der Waals surface area (Å²) in [5.41, 5.74) is 7.97. The quantitative estimate of drug-likeness (QED) is 0.794. The first-order valence-electron chi connectivity index (χ1n) is 7.13. The van der Waals surface area contributed by atoms with Crippen LogP contribution in [0, 0.1) is 0 Å². The summed E-state index contributed by atoms with van der Waals surface area (Å²) >= 11 is 0. The Morgan fingerprint density at radius 1 is 1.25 bits per heavy atom. The van der Waals surface area contributed by atoms with Gasteiger partial charge in [-0.3, -0.25) is 4.90 Å². The van der Waals surface area contributed by atoms with Crippen LogP contribution in [0.15, 0.2) is 22.6 Å². The summed E-state index contributed by atoms with van der Waals surface area (Å²) in [4.78, 5) is 6.81. The first-order valence-corrected chi connectivity index (χ1v) is 7.13. The summed E-state index contributed by atoms with van der Waals surface area (Å²) in [5.74, 6) is 0. The Labute approximate surface area is 120 Å². The lowest BCUT2D eigenvalue weighted by Gasteiger charge is -2.30. The van der Waals surface area contributed by atoms with E-state index in [1.165, 1.54) is 0 Å². The first kappa shape index (κ1) is 14.7. The third-order valence-corrected chi connectivity index (χ3v) is 3.38. The maximum Gasteiger partial charge on any atom is 0.295 e. The van der Waals surface area contributed by atoms with Gasteiger partial charge in [0.05, 0.1) is 0 Å². The molecule has 110 valence electrons. The third-order valence-electron chi connectivity index (χ3n) is 3.38. The second kappa shape index (κ2) is 6.13. The molecule has 0 aliphatic rings. The number of oxazole rings is 1. The Balaban J connectivity index is 1.95. The van der Waals surface area contributed by atoms with Crippen molar-refractivity contribution in [3.8, 4) is 0 Å². The predicted molar refractivity (Wildman–Crippen MR) is 83.9 cm³/mol. The van der Waals surface area contributed by atoms with E-state index < -0.39 is 0 Å². The molecule has 0 saturated heterocycles. The fraction of sp³-hybridized carbons (Fsp3) is 0.533. The molecule has 1 heterocycles. The Bertz CT molecular complexity index is 554. The molecule has 20 heavy (non-hydrogen) atoms. The van der Waals surface area contributed by atoms with Crippen molar-refractivity contribution in [3.63, 3.8) is 0 Å². The van der Waals surface area contributed by atoms with Gasteiger partial charge >= 0.3 is 0 Å². The molecule has 0 aliphatic carbocycles. The van der Waals surface area contributed by atoms with Crippen LogP contribution in [0.1, 0.15) is 27.7 Å². The molecule has 5 heteroatoms. The normalized spacial score (nSPS) is 11.9. The minimum atomic E-state index is 0.528. The van der Waals surface area contributed by atoms with E-state index in [9.17, 15) is 0 Å². The summed E-state index contributed by atoms with van der Waals surface area (Å²) in [7, 11) is 0. The highest BCUT2D eigenvalue weighted by atomic mass is 16.4. The molecule has 2 rings (SSSR count). The van der Waals surface area contributed by atoms with E-state index in [-0.39, 0.29) is 0 Å². The van der Waals surface area contributed by atoms with Crippen molar-refractivity contribution in [1.82, 2.24) is 9.88 Å². The van der Waals surface area contributed by atoms with Crippen molar-refractivity contribution in [2.24, 2.45) is 0 Å². The zero-order valence-corrected chi connectivity index (χ0v) is 12.7. The maximum absolute atomic E-state index is 5.73. The summed E-state index contributed by atoms with van der Waals surface area (Å²) in [6.45, 7) is 10.6. The molecule has 0 aliphatic heterocycles. The Hall–Kier alpha value is -1.75. The number of aromatic nitrogens is 1. The van der Waals surface area contributed by atoms with Gasteiger partial charge in [-0.2, -0.15) is 4.98 Å². The molecule has 3 N–H and O–H groups in total. The second-order valence-electron chi connectivity index (χ2n) is 5.60. The average Bonchev–Trinajstić information content (AvgIpc) is 2.75.